The van der Waals surface area contributed by atoms with Crippen molar-refractivity contribution in [1.82, 2.24) is 14.9 Å². The lowest BCUT2D eigenvalue weighted by Crippen LogP contribution is -2.23. The van der Waals surface area contributed by atoms with Gasteiger partial charge in [0.2, 0.25) is 0 Å². The lowest BCUT2D eigenvalue weighted by atomic mass is 10.2. The molecular formula is C13H15N3O. The highest BCUT2D eigenvalue weighted by Gasteiger charge is 2.04. The molecule has 0 spiro atoms. The van der Waals surface area contributed by atoms with Crippen molar-refractivity contribution in [3.63, 3.8) is 0 Å². The molecule has 0 aliphatic carbocycles. The molecule has 0 unspecified atom stereocenters. The fraction of sp³-hybridized carbons (Fsp3) is 0.231. The summed E-state index contributed by atoms with van der Waals surface area (Å²) < 4.78 is 1.90. The van der Waals surface area contributed by atoms with E-state index in [2.05, 4.69) is 10.3 Å². The summed E-state index contributed by atoms with van der Waals surface area (Å²) >= 11 is 0. The molecular weight excluding hydrogens is 214 g/mol. The predicted octanol–water partition coefficient (Wildman–Crippen LogP) is 2.01. The van der Waals surface area contributed by atoms with Crippen LogP contribution in [-0.4, -0.2) is 22.0 Å². The van der Waals surface area contributed by atoms with E-state index in [0.717, 1.165) is 12.1 Å². The summed E-state index contributed by atoms with van der Waals surface area (Å²) in [5.74, 6) is -0.0240. The van der Waals surface area contributed by atoms with Gasteiger partial charge in [-0.05, 0) is 30.7 Å². The van der Waals surface area contributed by atoms with Crippen molar-refractivity contribution in [2.45, 2.75) is 13.3 Å². The van der Waals surface area contributed by atoms with Crippen molar-refractivity contribution in [2.24, 2.45) is 0 Å². The Bertz CT molecular complexity index is 474. The molecule has 1 N–H and O–H groups in total. The molecule has 1 aromatic carbocycles. The first-order valence-corrected chi connectivity index (χ1v) is 5.68. The van der Waals surface area contributed by atoms with Crippen LogP contribution in [0.4, 0.5) is 0 Å². The van der Waals surface area contributed by atoms with Gasteiger partial charge in [0.05, 0.1) is 6.33 Å². The zero-order valence-corrected chi connectivity index (χ0v) is 9.76. The molecule has 4 heteroatoms. The van der Waals surface area contributed by atoms with Crippen molar-refractivity contribution in [1.29, 1.82) is 0 Å². The Morgan fingerprint density at radius 1 is 1.35 bits per heavy atom. The summed E-state index contributed by atoms with van der Waals surface area (Å²) in [5.41, 5.74) is 1.68. The van der Waals surface area contributed by atoms with Crippen LogP contribution in [0.1, 0.15) is 23.7 Å². The van der Waals surface area contributed by atoms with E-state index >= 15 is 0 Å². The number of carbonyl (C=O) groups is 1. The van der Waals surface area contributed by atoms with E-state index in [4.69, 9.17) is 0 Å². The lowest BCUT2D eigenvalue weighted by Gasteiger charge is -2.05. The minimum atomic E-state index is -0.0240. The molecule has 2 aromatic rings. The van der Waals surface area contributed by atoms with Crippen LogP contribution in [0.25, 0.3) is 5.69 Å². The maximum Gasteiger partial charge on any atom is 0.251 e. The van der Waals surface area contributed by atoms with Gasteiger partial charge in [0, 0.05) is 30.2 Å². The maximum absolute atomic E-state index is 11.7. The van der Waals surface area contributed by atoms with Crippen LogP contribution in [0, 0.1) is 0 Å². The average molecular weight is 229 g/mol. The highest BCUT2D eigenvalue weighted by Crippen LogP contribution is 2.09. The molecule has 2 rings (SSSR count). The van der Waals surface area contributed by atoms with E-state index in [0.29, 0.717) is 12.1 Å². The normalized spacial score (nSPS) is 10.2. The maximum atomic E-state index is 11.7. The fourth-order valence-electron chi connectivity index (χ4n) is 1.54. The van der Waals surface area contributed by atoms with Gasteiger partial charge in [-0.2, -0.15) is 0 Å². The van der Waals surface area contributed by atoms with Gasteiger partial charge in [-0.15, -0.1) is 0 Å². The third-order valence-corrected chi connectivity index (χ3v) is 2.47. The monoisotopic (exact) mass is 229 g/mol. The second kappa shape index (κ2) is 5.30. The SMILES string of the molecule is CCCNC(=O)c1ccc(-n2ccnc2)cc1. The van der Waals surface area contributed by atoms with E-state index < -0.39 is 0 Å². The number of amides is 1. The number of hydrogen-bond donors (Lipinski definition) is 1. The first-order chi connectivity index (χ1) is 8.31. The molecule has 0 saturated carbocycles. The predicted molar refractivity (Wildman–Crippen MR) is 66.2 cm³/mol. The summed E-state index contributed by atoms with van der Waals surface area (Å²) in [6.07, 6.45) is 6.26. The third-order valence-electron chi connectivity index (χ3n) is 2.47. The molecule has 0 atom stereocenters. The molecule has 0 bridgehead atoms. The Balaban J connectivity index is 2.10. The van der Waals surface area contributed by atoms with Crippen LogP contribution < -0.4 is 5.32 Å². The molecule has 1 aromatic heterocycles. The summed E-state index contributed by atoms with van der Waals surface area (Å²) in [6, 6.07) is 7.45. The van der Waals surface area contributed by atoms with Crippen molar-refractivity contribution < 1.29 is 4.79 Å². The van der Waals surface area contributed by atoms with Gasteiger partial charge in [0.1, 0.15) is 0 Å². The summed E-state index contributed by atoms with van der Waals surface area (Å²) in [6.45, 7) is 2.74. The van der Waals surface area contributed by atoms with E-state index in [1.54, 1.807) is 12.5 Å². The number of nitrogens with zero attached hydrogens (tertiary/aromatic N) is 2. The van der Waals surface area contributed by atoms with Gasteiger partial charge >= 0.3 is 0 Å². The first-order valence-electron chi connectivity index (χ1n) is 5.68. The summed E-state index contributed by atoms with van der Waals surface area (Å²) in [4.78, 5) is 15.7. The van der Waals surface area contributed by atoms with Gasteiger partial charge in [-0.25, -0.2) is 4.98 Å². The number of nitrogens with one attached hydrogen (secondary N) is 1. The molecule has 17 heavy (non-hydrogen) atoms. The Hall–Kier alpha value is -2.10. The number of imidazole rings is 1. The molecule has 0 fully saturated rings. The zero-order chi connectivity index (χ0) is 12.1. The van der Waals surface area contributed by atoms with Crippen LogP contribution in [0.3, 0.4) is 0 Å². The van der Waals surface area contributed by atoms with Gasteiger partial charge < -0.3 is 9.88 Å². The van der Waals surface area contributed by atoms with Crippen LogP contribution in [0.2, 0.25) is 0 Å². The first kappa shape index (κ1) is 11.4. The topological polar surface area (TPSA) is 46.9 Å². The molecule has 1 amide bonds. The van der Waals surface area contributed by atoms with Crippen LogP contribution >= 0.6 is 0 Å². The van der Waals surface area contributed by atoms with Crippen LogP contribution in [0.5, 0.6) is 0 Å². The molecule has 0 aliphatic heterocycles. The minimum Gasteiger partial charge on any atom is -0.352 e. The summed E-state index contributed by atoms with van der Waals surface area (Å²) in [5, 5.41) is 2.84. The standard InChI is InChI=1S/C13H15N3O/c1-2-7-15-13(17)11-3-5-12(6-4-11)16-9-8-14-10-16/h3-6,8-10H,2,7H2,1H3,(H,15,17). The Morgan fingerprint density at radius 2 is 2.12 bits per heavy atom. The highest BCUT2D eigenvalue weighted by atomic mass is 16.1. The number of hydrogen-bond acceptors (Lipinski definition) is 2. The lowest BCUT2D eigenvalue weighted by molar-refractivity contribution is 0.0953. The molecule has 1 heterocycles. The number of aromatic nitrogens is 2. The Morgan fingerprint density at radius 3 is 2.71 bits per heavy atom. The molecule has 4 nitrogen and oxygen atoms in total. The van der Waals surface area contributed by atoms with E-state index in [-0.39, 0.29) is 5.91 Å². The van der Waals surface area contributed by atoms with Crippen LogP contribution in [-0.2, 0) is 0 Å². The largest absolute Gasteiger partial charge is 0.352 e. The average Bonchev–Trinajstić information content (AvgIpc) is 2.90. The third kappa shape index (κ3) is 2.72. The van der Waals surface area contributed by atoms with Crippen LogP contribution in [0.15, 0.2) is 43.0 Å². The van der Waals surface area contributed by atoms with E-state index in [1.807, 2.05) is 42.0 Å². The quantitative estimate of drug-likeness (QED) is 0.871. The molecule has 88 valence electrons. The van der Waals surface area contributed by atoms with Crippen molar-refractivity contribution >= 4 is 5.91 Å². The Labute approximate surface area is 100 Å². The second-order valence-corrected chi connectivity index (χ2v) is 3.77. The second-order valence-electron chi connectivity index (χ2n) is 3.77. The number of rotatable bonds is 4. The smallest absolute Gasteiger partial charge is 0.251 e. The van der Waals surface area contributed by atoms with Crippen molar-refractivity contribution in [2.75, 3.05) is 6.54 Å². The molecule has 0 saturated heterocycles. The van der Waals surface area contributed by atoms with E-state index in [1.165, 1.54) is 0 Å². The number of benzene rings is 1. The van der Waals surface area contributed by atoms with E-state index in [9.17, 15) is 4.79 Å². The summed E-state index contributed by atoms with van der Waals surface area (Å²) in [7, 11) is 0. The molecule has 0 aliphatic rings. The van der Waals surface area contributed by atoms with Crippen molar-refractivity contribution in [3.05, 3.63) is 48.5 Å². The Kier molecular flexibility index (Phi) is 3.55. The molecule has 0 radical (unpaired) electrons. The zero-order valence-electron chi connectivity index (χ0n) is 9.76. The van der Waals surface area contributed by atoms with Gasteiger partial charge in [0.15, 0.2) is 0 Å². The fourth-order valence-corrected chi connectivity index (χ4v) is 1.54. The van der Waals surface area contributed by atoms with Gasteiger partial charge in [-0.1, -0.05) is 6.92 Å². The van der Waals surface area contributed by atoms with Crippen molar-refractivity contribution in [3.8, 4) is 5.69 Å². The number of carbonyl (C=O) groups excluding carboxylic acids is 1. The van der Waals surface area contributed by atoms with Gasteiger partial charge in [-0.3, -0.25) is 4.79 Å². The minimum absolute atomic E-state index is 0.0240. The highest BCUT2D eigenvalue weighted by molar-refractivity contribution is 5.94. The van der Waals surface area contributed by atoms with Gasteiger partial charge in [0.25, 0.3) is 5.91 Å².